The summed E-state index contributed by atoms with van der Waals surface area (Å²) in [6.45, 7) is 0. The molecule has 1 aliphatic heterocycles. The van der Waals surface area contributed by atoms with E-state index in [0.29, 0.717) is 11.2 Å². The highest BCUT2D eigenvalue weighted by Crippen LogP contribution is 2.27. The first-order valence-corrected chi connectivity index (χ1v) is 7.69. The molecule has 1 saturated heterocycles. The Balaban J connectivity index is 2.18. The molecule has 3 rings (SSSR count). The number of rotatable bonds is 1. The molecule has 17 heavy (non-hydrogen) atoms. The number of fused-ring (bicyclic) bond motifs is 1. The van der Waals surface area contributed by atoms with Crippen LogP contribution in [0.4, 0.5) is 0 Å². The Morgan fingerprint density at radius 3 is 2.82 bits per heavy atom. The Morgan fingerprint density at radius 1 is 1.35 bits per heavy atom. The minimum Gasteiger partial charge on any atom is -0.331 e. The summed E-state index contributed by atoms with van der Waals surface area (Å²) in [5, 5.41) is 0. The van der Waals surface area contributed by atoms with Crippen LogP contribution in [0.15, 0.2) is 24.3 Å². The van der Waals surface area contributed by atoms with Crippen LogP contribution < -0.4 is 0 Å². The van der Waals surface area contributed by atoms with E-state index in [9.17, 15) is 8.42 Å². The molecule has 6 heteroatoms. The number of sulfone groups is 1. The molecule has 90 valence electrons. The summed E-state index contributed by atoms with van der Waals surface area (Å²) >= 11 is 5.28. The molecule has 1 unspecified atom stereocenters. The van der Waals surface area contributed by atoms with Crippen LogP contribution in [0.3, 0.4) is 0 Å². The van der Waals surface area contributed by atoms with Crippen molar-refractivity contribution in [2.24, 2.45) is 0 Å². The van der Waals surface area contributed by atoms with Crippen LogP contribution in [0, 0.1) is 4.77 Å². The molecule has 1 aromatic carbocycles. The fraction of sp³-hybridized carbons (Fsp3) is 0.364. The van der Waals surface area contributed by atoms with Gasteiger partial charge in [-0.2, -0.15) is 0 Å². The van der Waals surface area contributed by atoms with E-state index in [-0.39, 0.29) is 17.5 Å². The fourth-order valence-electron chi connectivity index (χ4n) is 2.42. The first kappa shape index (κ1) is 11.0. The second kappa shape index (κ2) is 3.68. The van der Waals surface area contributed by atoms with Gasteiger partial charge in [0.05, 0.1) is 28.6 Å². The van der Waals surface area contributed by atoms with E-state index in [1.165, 1.54) is 0 Å². The van der Waals surface area contributed by atoms with Crippen LogP contribution >= 0.6 is 12.2 Å². The molecule has 0 spiro atoms. The predicted octanol–water partition coefficient (Wildman–Crippen LogP) is 2.06. The van der Waals surface area contributed by atoms with Crippen molar-refractivity contribution in [2.45, 2.75) is 12.5 Å². The van der Waals surface area contributed by atoms with Crippen molar-refractivity contribution in [1.82, 2.24) is 9.55 Å². The zero-order valence-corrected chi connectivity index (χ0v) is 10.7. The third-order valence-electron chi connectivity index (χ3n) is 3.20. The summed E-state index contributed by atoms with van der Waals surface area (Å²) in [5.41, 5.74) is 1.95. The molecule has 2 heterocycles. The SMILES string of the molecule is O=S1(=O)CCC(n2c(=S)[nH]c3ccccc32)C1. The molecule has 0 bridgehead atoms. The second-order valence-corrected chi connectivity index (χ2v) is 6.99. The number of hydrogen-bond acceptors (Lipinski definition) is 3. The van der Waals surface area contributed by atoms with Gasteiger partial charge in [-0.1, -0.05) is 12.1 Å². The van der Waals surface area contributed by atoms with Crippen LogP contribution in [0.2, 0.25) is 0 Å². The fourth-order valence-corrected chi connectivity index (χ4v) is 4.47. The molecule has 0 radical (unpaired) electrons. The molecule has 1 N–H and O–H groups in total. The first-order valence-electron chi connectivity index (χ1n) is 5.46. The van der Waals surface area contributed by atoms with Crippen LogP contribution in [-0.2, 0) is 9.84 Å². The van der Waals surface area contributed by atoms with Gasteiger partial charge in [-0.05, 0) is 30.8 Å². The lowest BCUT2D eigenvalue weighted by Crippen LogP contribution is -2.10. The minimum absolute atomic E-state index is 0.0244. The average molecular weight is 268 g/mol. The molecule has 2 aromatic rings. The number of nitrogens with one attached hydrogen (secondary N) is 1. The monoisotopic (exact) mass is 268 g/mol. The topological polar surface area (TPSA) is 54.9 Å². The number of H-pyrrole nitrogens is 1. The number of hydrogen-bond donors (Lipinski definition) is 1. The Hall–Kier alpha value is -1.14. The molecule has 1 fully saturated rings. The molecular formula is C11H12N2O2S2. The Kier molecular flexibility index (Phi) is 2.38. The van der Waals surface area contributed by atoms with Gasteiger partial charge < -0.3 is 9.55 Å². The van der Waals surface area contributed by atoms with Gasteiger partial charge in [0.1, 0.15) is 0 Å². The Bertz CT molecular complexity index is 727. The quantitative estimate of drug-likeness (QED) is 0.805. The standard InChI is InChI=1S/C11H12N2O2S2/c14-17(15)6-5-8(7-17)13-10-4-2-1-3-9(10)12-11(13)16/h1-4,8H,5-7H2,(H,12,16). The van der Waals surface area contributed by atoms with Crippen molar-refractivity contribution in [3.05, 3.63) is 29.0 Å². The zero-order valence-electron chi connectivity index (χ0n) is 9.09. The van der Waals surface area contributed by atoms with Gasteiger partial charge >= 0.3 is 0 Å². The third kappa shape index (κ3) is 1.81. The van der Waals surface area contributed by atoms with E-state index >= 15 is 0 Å². The maximum Gasteiger partial charge on any atom is 0.178 e. The summed E-state index contributed by atoms with van der Waals surface area (Å²) in [4.78, 5) is 3.11. The molecule has 1 aromatic heterocycles. The van der Waals surface area contributed by atoms with Gasteiger partial charge in [-0.15, -0.1) is 0 Å². The maximum absolute atomic E-state index is 11.5. The average Bonchev–Trinajstić information content (AvgIpc) is 2.77. The molecule has 0 saturated carbocycles. The molecular weight excluding hydrogens is 256 g/mol. The number of imidazole rings is 1. The summed E-state index contributed by atoms with van der Waals surface area (Å²) in [6, 6.07) is 7.76. The van der Waals surface area contributed by atoms with E-state index in [4.69, 9.17) is 12.2 Å². The summed E-state index contributed by atoms with van der Waals surface area (Å²) < 4.78 is 25.6. The Morgan fingerprint density at radius 2 is 2.12 bits per heavy atom. The van der Waals surface area contributed by atoms with Crippen LogP contribution in [0.1, 0.15) is 12.5 Å². The van der Waals surface area contributed by atoms with Crippen molar-refractivity contribution in [3.63, 3.8) is 0 Å². The van der Waals surface area contributed by atoms with Crippen molar-refractivity contribution >= 4 is 33.1 Å². The number of benzene rings is 1. The highest BCUT2D eigenvalue weighted by molar-refractivity contribution is 7.91. The number of aromatic amines is 1. The second-order valence-electron chi connectivity index (χ2n) is 4.37. The van der Waals surface area contributed by atoms with Gasteiger partial charge in [-0.3, -0.25) is 0 Å². The van der Waals surface area contributed by atoms with Crippen molar-refractivity contribution in [2.75, 3.05) is 11.5 Å². The lowest BCUT2D eigenvalue weighted by molar-refractivity contribution is 0.563. The third-order valence-corrected chi connectivity index (χ3v) is 5.25. The van der Waals surface area contributed by atoms with Gasteiger partial charge in [-0.25, -0.2) is 8.42 Å². The maximum atomic E-state index is 11.5. The summed E-state index contributed by atoms with van der Waals surface area (Å²) in [7, 11) is -2.89. The largest absolute Gasteiger partial charge is 0.331 e. The molecule has 1 aliphatic rings. The summed E-state index contributed by atoms with van der Waals surface area (Å²) in [6.07, 6.45) is 0.651. The van der Waals surface area contributed by atoms with E-state index < -0.39 is 9.84 Å². The predicted molar refractivity (Wildman–Crippen MR) is 69.4 cm³/mol. The molecule has 1 atom stereocenters. The van der Waals surface area contributed by atoms with E-state index in [2.05, 4.69) is 4.98 Å². The van der Waals surface area contributed by atoms with Crippen molar-refractivity contribution in [3.8, 4) is 0 Å². The van der Waals surface area contributed by atoms with E-state index in [1.54, 1.807) is 0 Å². The number of aromatic nitrogens is 2. The first-order chi connectivity index (χ1) is 8.07. The highest BCUT2D eigenvalue weighted by Gasteiger charge is 2.30. The van der Waals surface area contributed by atoms with Crippen molar-refractivity contribution < 1.29 is 8.42 Å². The van der Waals surface area contributed by atoms with Gasteiger partial charge in [0.2, 0.25) is 0 Å². The van der Waals surface area contributed by atoms with Crippen molar-refractivity contribution in [1.29, 1.82) is 0 Å². The highest BCUT2D eigenvalue weighted by atomic mass is 32.2. The zero-order chi connectivity index (χ0) is 12.0. The smallest absolute Gasteiger partial charge is 0.178 e. The van der Waals surface area contributed by atoms with Crippen LogP contribution in [0.25, 0.3) is 11.0 Å². The Labute approximate surface area is 104 Å². The molecule has 0 aliphatic carbocycles. The lowest BCUT2D eigenvalue weighted by atomic mass is 10.2. The van der Waals surface area contributed by atoms with Crippen LogP contribution in [-0.4, -0.2) is 29.5 Å². The minimum atomic E-state index is -2.89. The summed E-state index contributed by atoms with van der Waals surface area (Å²) in [5.74, 6) is 0.460. The van der Waals surface area contributed by atoms with E-state index in [0.717, 1.165) is 11.0 Å². The van der Waals surface area contributed by atoms with Gasteiger partial charge in [0, 0.05) is 0 Å². The molecule has 4 nitrogen and oxygen atoms in total. The van der Waals surface area contributed by atoms with Gasteiger partial charge in [0.25, 0.3) is 0 Å². The number of para-hydroxylation sites is 2. The lowest BCUT2D eigenvalue weighted by Gasteiger charge is -2.10. The van der Waals surface area contributed by atoms with Crippen LogP contribution in [0.5, 0.6) is 0 Å². The van der Waals surface area contributed by atoms with Gasteiger partial charge in [0.15, 0.2) is 14.6 Å². The normalized spacial score (nSPS) is 23.2. The molecule has 0 amide bonds. The van der Waals surface area contributed by atoms with E-state index in [1.807, 2.05) is 28.8 Å². The number of nitrogens with zero attached hydrogens (tertiary/aromatic N) is 1.